The zero-order chi connectivity index (χ0) is 29.8. The van der Waals surface area contributed by atoms with Crippen LogP contribution in [0, 0.1) is 0 Å². The van der Waals surface area contributed by atoms with Crippen molar-refractivity contribution >= 4 is 41.2 Å². The van der Waals surface area contributed by atoms with Gasteiger partial charge in [0.05, 0.1) is 7.11 Å². The van der Waals surface area contributed by atoms with Crippen LogP contribution in [0.3, 0.4) is 0 Å². The third-order valence-corrected chi connectivity index (χ3v) is 7.29. The molecule has 41 heavy (non-hydrogen) atoms. The molecule has 5 N–H and O–H groups in total. The lowest BCUT2D eigenvalue weighted by Crippen LogP contribution is -2.51. The number of carboxylic acid groups (broad SMARTS) is 2. The summed E-state index contributed by atoms with van der Waals surface area (Å²) < 4.78 is 5.45. The first-order valence-corrected chi connectivity index (χ1v) is 14.0. The Labute approximate surface area is 242 Å². The van der Waals surface area contributed by atoms with Crippen LogP contribution in [0.2, 0.25) is 0 Å². The highest BCUT2D eigenvalue weighted by molar-refractivity contribution is 7.98. The maximum atomic E-state index is 13.6. The largest absolute Gasteiger partial charge is 0.496 e. The highest BCUT2D eigenvalue weighted by atomic mass is 32.2. The van der Waals surface area contributed by atoms with Crippen molar-refractivity contribution < 1.29 is 34.1 Å². The van der Waals surface area contributed by atoms with E-state index in [-0.39, 0.29) is 18.6 Å². The molecule has 0 heterocycles. The Morgan fingerprint density at radius 2 is 1.61 bits per heavy atom. The second kappa shape index (κ2) is 15.4. The number of carbonyl (C=O) groups excluding carboxylic acids is 2. The Balaban J connectivity index is 1.73. The number of para-hydroxylation sites is 2. The fourth-order valence-electron chi connectivity index (χ4n) is 4.04. The Bertz CT molecular complexity index is 1340. The minimum atomic E-state index is -1.23. The van der Waals surface area contributed by atoms with Crippen molar-refractivity contribution in [3.8, 4) is 16.9 Å². The Morgan fingerprint density at radius 3 is 2.24 bits per heavy atom. The number of aliphatic carboxylic acids is 2. The molecule has 0 radical (unpaired) electrons. The molecule has 0 bridgehead atoms. The molecule has 0 aromatic heterocycles. The summed E-state index contributed by atoms with van der Waals surface area (Å²) in [6.07, 6.45) is -0.304. The van der Waals surface area contributed by atoms with Crippen LogP contribution in [0.4, 0.5) is 5.69 Å². The molecule has 11 heteroatoms. The maximum Gasteiger partial charge on any atom is 0.323 e. The molecule has 2 atom stereocenters. The van der Waals surface area contributed by atoms with Gasteiger partial charge in [0, 0.05) is 29.2 Å². The number of anilines is 1. The van der Waals surface area contributed by atoms with Gasteiger partial charge in [-0.3, -0.25) is 24.1 Å². The van der Waals surface area contributed by atoms with E-state index in [1.807, 2.05) is 48.5 Å². The summed E-state index contributed by atoms with van der Waals surface area (Å²) in [6.45, 7) is -0.589. The van der Waals surface area contributed by atoms with Gasteiger partial charge in [0.25, 0.3) is 5.91 Å². The van der Waals surface area contributed by atoms with Crippen LogP contribution in [-0.2, 0) is 24.9 Å². The van der Waals surface area contributed by atoms with Gasteiger partial charge in [0.1, 0.15) is 24.4 Å². The SMILES string of the molecule is COc1ccccc1-c1ccc(CSC[C@H](NC(=O)CCC(N)C(=O)O)C(=O)N(CC(=O)O)c2ccccc2)cc1. The highest BCUT2D eigenvalue weighted by Gasteiger charge is 2.29. The van der Waals surface area contributed by atoms with Crippen LogP contribution in [0.15, 0.2) is 78.9 Å². The minimum absolute atomic E-state index is 0.106. The molecule has 0 aliphatic carbocycles. The van der Waals surface area contributed by atoms with Crippen molar-refractivity contribution in [3.05, 3.63) is 84.4 Å². The Morgan fingerprint density at radius 1 is 0.951 bits per heavy atom. The maximum absolute atomic E-state index is 13.6. The standard InChI is InChI=1S/C30H33N3O7S/c1-40-26-10-6-5-9-23(26)21-13-11-20(12-14-21)18-41-19-25(32-27(34)16-15-24(31)30(38)39)29(37)33(17-28(35)36)22-7-3-2-4-8-22/h2-14,24-25H,15-19,31H2,1H3,(H,32,34)(H,35,36)(H,38,39)/t24?,25-/m0/s1. The van der Waals surface area contributed by atoms with E-state index in [0.717, 1.165) is 27.3 Å². The van der Waals surface area contributed by atoms with Crippen LogP contribution in [0.5, 0.6) is 5.75 Å². The number of thioether (sulfide) groups is 1. The number of nitrogens with one attached hydrogen (secondary N) is 1. The average Bonchev–Trinajstić information content (AvgIpc) is 2.98. The molecule has 2 amide bonds. The third-order valence-electron chi connectivity index (χ3n) is 6.19. The predicted octanol–water partition coefficient (Wildman–Crippen LogP) is 3.39. The summed E-state index contributed by atoms with van der Waals surface area (Å²) in [7, 11) is 1.62. The molecule has 3 aromatic carbocycles. The lowest BCUT2D eigenvalue weighted by atomic mass is 10.0. The summed E-state index contributed by atoms with van der Waals surface area (Å²) in [5.74, 6) is -2.12. The number of nitrogens with zero attached hydrogens (tertiary/aromatic N) is 1. The van der Waals surface area contributed by atoms with Crippen molar-refractivity contribution in [2.24, 2.45) is 5.73 Å². The number of benzene rings is 3. The number of hydrogen-bond donors (Lipinski definition) is 4. The van der Waals surface area contributed by atoms with Crippen LogP contribution < -0.4 is 20.7 Å². The summed E-state index contributed by atoms with van der Waals surface area (Å²) in [6, 6.07) is 21.7. The molecule has 0 saturated heterocycles. The first kappa shape index (κ1) is 31.2. The van der Waals surface area contributed by atoms with Gasteiger partial charge in [-0.15, -0.1) is 0 Å². The van der Waals surface area contributed by atoms with Gasteiger partial charge in [0.15, 0.2) is 0 Å². The molecule has 10 nitrogen and oxygen atoms in total. The van der Waals surface area contributed by atoms with Gasteiger partial charge < -0.3 is 26.0 Å². The first-order valence-electron chi connectivity index (χ1n) is 12.9. The number of nitrogens with two attached hydrogens (primary N) is 1. The number of hydrogen-bond acceptors (Lipinski definition) is 7. The van der Waals surface area contributed by atoms with Crippen LogP contribution in [0.1, 0.15) is 18.4 Å². The second-order valence-electron chi connectivity index (χ2n) is 9.17. The van der Waals surface area contributed by atoms with Crippen molar-refractivity contribution in [2.75, 3.05) is 24.3 Å². The normalized spacial score (nSPS) is 12.1. The topological polar surface area (TPSA) is 159 Å². The quantitative estimate of drug-likeness (QED) is 0.212. The van der Waals surface area contributed by atoms with Gasteiger partial charge in [-0.1, -0.05) is 60.7 Å². The van der Waals surface area contributed by atoms with Crippen LogP contribution in [0.25, 0.3) is 11.1 Å². The van der Waals surface area contributed by atoms with Gasteiger partial charge in [-0.25, -0.2) is 0 Å². The van der Waals surface area contributed by atoms with Gasteiger partial charge >= 0.3 is 11.9 Å². The lowest BCUT2D eigenvalue weighted by Gasteiger charge is -2.27. The molecule has 3 rings (SSSR count). The smallest absolute Gasteiger partial charge is 0.323 e. The molecule has 1 unspecified atom stereocenters. The second-order valence-corrected chi connectivity index (χ2v) is 10.2. The monoisotopic (exact) mass is 579 g/mol. The van der Waals surface area contributed by atoms with E-state index in [9.17, 15) is 24.3 Å². The predicted molar refractivity (Wildman–Crippen MR) is 158 cm³/mol. The van der Waals surface area contributed by atoms with Crippen molar-refractivity contribution in [1.29, 1.82) is 0 Å². The summed E-state index contributed by atoms with van der Waals surface area (Å²) in [5.41, 5.74) is 8.83. The Hall–Kier alpha value is -4.35. The molecule has 216 valence electrons. The molecular weight excluding hydrogens is 546 g/mol. The zero-order valence-corrected chi connectivity index (χ0v) is 23.4. The van der Waals surface area contributed by atoms with E-state index < -0.39 is 42.4 Å². The third kappa shape index (κ3) is 9.37. The molecular formula is C30H33N3O7S. The van der Waals surface area contributed by atoms with E-state index in [0.29, 0.717) is 11.4 Å². The number of amides is 2. The van der Waals surface area contributed by atoms with Gasteiger partial charge in [-0.05, 0) is 35.7 Å². The molecule has 0 fully saturated rings. The summed E-state index contributed by atoms with van der Waals surface area (Å²) >= 11 is 1.40. The minimum Gasteiger partial charge on any atom is -0.496 e. The highest BCUT2D eigenvalue weighted by Crippen LogP contribution is 2.30. The molecule has 3 aromatic rings. The first-order chi connectivity index (χ1) is 19.7. The average molecular weight is 580 g/mol. The van der Waals surface area contributed by atoms with E-state index in [1.54, 1.807) is 37.4 Å². The fourth-order valence-corrected chi connectivity index (χ4v) is 5.04. The fraction of sp³-hybridized carbons (Fsp3) is 0.267. The number of ether oxygens (including phenoxy) is 1. The van der Waals surface area contributed by atoms with Crippen LogP contribution >= 0.6 is 11.8 Å². The summed E-state index contributed by atoms with van der Waals surface area (Å²) in [4.78, 5) is 49.9. The van der Waals surface area contributed by atoms with E-state index in [1.165, 1.54) is 11.8 Å². The molecule has 0 aliphatic heterocycles. The van der Waals surface area contributed by atoms with Gasteiger partial charge in [0.2, 0.25) is 5.91 Å². The van der Waals surface area contributed by atoms with Crippen LogP contribution in [-0.4, -0.2) is 65.5 Å². The molecule has 0 saturated carbocycles. The number of carbonyl (C=O) groups is 4. The zero-order valence-electron chi connectivity index (χ0n) is 22.6. The lowest BCUT2D eigenvalue weighted by molar-refractivity contribution is -0.139. The number of methoxy groups -OCH3 is 1. The van der Waals surface area contributed by atoms with Crippen molar-refractivity contribution in [1.82, 2.24) is 5.32 Å². The van der Waals surface area contributed by atoms with Crippen molar-refractivity contribution in [3.63, 3.8) is 0 Å². The summed E-state index contributed by atoms with van der Waals surface area (Å²) in [5, 5.41) is 21.1. The molecule has 0 aliphatic rings. The van der Waals surface area contributed by atoms with E-state index in [4.69, 9.17) is 15.6 Å². The van der Waals surface area contributed by atoms with Crippen molar-refractivity contribution in [2.45, 2.75) is 30.7 Å². The van der Waals surface area contributed by atoms with Gasteiger partial charge in [-0.2, -0.15) is 11.8 Å². The Kier molecular flexibility index (Phi) is 11.7. The molecule has 0 spiro atoms. The number of carboxylic acids is 2. The van der Waals surface area contributed by atoms with E-state index >= 15 is 0 Å². The van der Waals surface area contributed by atoms with E-state index in [2.05, 4.69) is 5.32 Å². The number of rotatable bonds is 15.